The number of thioether (sulfide) groups is 1. The Hall–Kier alpha value is -0.800. The highest BCUT2D eigenvalue weighted by Gasteiger charge is 2.24. The molecule has 1 saturated heterocycles. The largest absolute Gasteiger partial charge is 0.356 e. The minimum absolute atomic E-state index is 0. The molecule has 7 heteroatoms. The maximum Gasteiger partial charge on any atom is 0.193 e. The van der Waals surface area contributed by atoms with Crippen LogP contribution >= 0.6 is 47.1 Å². The van der Waals surface area contributed by atoms with Gasteiger partial charge in [-0.15, -0.1) is 47.1 Å². The van der Waals surface area contributed by atoms with E-state index in [0.29, 0.717) is 5.92 Å². The molecule has 3 rings (SSSR count). The van der Waals surface area contributed by atoms with E-state index < -0.39 is 0 Å². The third-order valence-corrected chi connectivity index (χ3v) is 7.19. The van der Waals surface area contributed by atoms with Crippen LogP contribution in [0.2, 0.25) is 0 Å². The van der Waals surface area contributed by atoms with Gasteiger partial charge in [-0.2, -0.15) is 0 Å². The molecule has 2 heterocycles. The summed E-state index contributed by atoms with van der Waals surface area (Å²) in [6.45, 7) is 7.46. The molecule has 0 saturated carbocycles. The van der Waals surface area contributed by atoms with Crippen LogP contribution in [0.3, 0.4) is 0 Å². The Morgan fingerprint density at radius 2 is 2.14 bits per heavy atom. The van der Waals surface area contributed by atoms with Gasteiger partial charge in [0.2, 0.25) is 0 Å². The second kappa shape index (κ2) is 12.0. The average Bonchev–Trinajstić information content (AvgIpc) is 3.34. The minimum Gasteiger partial charge on any atom is -0.356 e. The monoisotopic (exact) mass is 530 g/mol. The molecule has 0 amide bonds. The molecular formula is C21H31IN4S2. The molecule has 1 aliphatic heterocycles. The molecule has 154 valence electrons. The quantitative estimate of drug-likeness (QED) is 0.234. The smallest absolute Gasteiger partial charge is 0.193 e. The van der Waals surface area contributed by atoms with Crippen molar-refractivity contribution >= 4 is 53.0 Å². The van der Waals surface area contributed by atoms with E-state index in [1.165, 1.54) is 27.8 Å². The van der Waals surface area contributed by atoms with E-state index in [1.807, 2.05) is 18.8 Å². The van der Waals surface area contributed by atoms with E-state index >= 15 is 0 Å². The van der Waals surface area contributed by atoms with Gasteiger partial charge in [-0.1, -0.05) is 32.0 Å². The Balaban J connectivity index is 0.00000280. The lowest BCUT2D eigenvalue weighted by atomic mass is 10.2. The molecule has 0 bridgehead atoms. The van der Waals surface area contributed by atoms with Crippen molar-refractivity contribution in [1.82, 2.24) is 15.2 Å². The molecule has 0 radical (unpaired) electrons. The van der Waals surface area contributed by atoms with E-state index in [2.05, 4.69) is 64.8 Å². The number of nitrogens with zero attached hydrogens (tertiary/aromatic N) is 3. The van der Waals surface area contributed by atoms with Gasteiger partial charge in [0.05, 0.1) is 10.7 Å². The predicted octanol–water partition coefficient (Wildman–Crippen LogP) is 5.12. The first-order valence-corrected chi connectivity index (χ1v) is 11.6. The minimum atomic E-state index is 0. The molecule has 4 nitrogen and oxygen atoms in total. The molecule has 1 N–H and O–H groups in total. The highest BCUT2D eigenvalue weighted by molar-refractivity contribution is 14.0. The van der Waals surface area contributed by atoms with Gasteiger partial charge in [0, 0.05) is 55.0 Å². The molecule has 0 aliphatic carbocycles. The summed E-state index contributed by atoms with van der Waals surface area (Å²) in [5.74, 6) is 3.44. The molecule has 1 aromatic heterocycles. The van der Waals surface area contributed by atoms with Crippen LogP contribution in [0.1, 0.15) is 36.9 Å². The molecule has 1 fully saturated rings. The predicted molar refractivity (Wildman–Crippen MR) is 134 cm³/mol. The Bertz CT molecular complexity index is 733. The van der Waals surface area contributed by atoms with Crippen molar-refractivity contribution in [3.8, 4) is 0 Å². The molecule has 1 atom stereocenters. The maximum absolute atomic E-state index is 4.72. The number of rotatable bonds is 7. The van der Waals surface area contributed by atoms with Gasteiger partial charge >= 0.3 is 0 Å². The topological polar surface area (TPSA) is 40.5 Å². The van der Waals surface area contributed by atoms with Gasteiger partial charge in [0.1, 0.15) is 0 Å². The van der Waals surface area contributed by atoms with Crippen molar-refractivity contribution in [2.24, 2.45) is 10.9 Å². The summed E-state index contributed by atoms with van der Waals surface area (Å²) < 4.78 is 0. The van der Waals surface area contributed by atoms with Crippen LogP contribution in [0.25, 0.3) is 0 Å². The van der Waals surface area contributed by atoms with Crippen molar-refractivity contribution in [2.45, 2.75) is 37.5 Å². The number of benzene rings is 1. The fourth-order valence-corrected chi connectivity index (χ4v) is 5.15. The van der Waals surface area contributed by atoms with Gasteiger partial charge in [-0.05, 0) is 24.5 Å². The Labute approximate surface area is 194 Å². The highest BCUT2D eigenvalue weighted by Crippen LogP contribution is 2.26. The van der Waals surface area contributed by atoms with Gasteiger partial charge in [-0.3, -0.25) is 4.99 Å². The van der Waals surface area contributed by atoms with Crippen molar-refractivity contribution in [3.05, 3.63) is 46.4 Å². The van der Waals surface area contributed by atoms with Crippen LogP contribution in [0.15, 0.2) is 45.6 Å². The summed E-state index contributed by atoms with van der Waals surface area (Å²) in [5, 5.41) is 6.94. The average molecular weight is 531 g/mol. The number of hydrogen-bond donors (Lipinski definition) is 1. The summed E-state index contributed by atoms with van der Waals surface area (Å²) in [5.41, 5.74) is 1.19. The number of nitrogens with one attached hydrogen (secondary N) is 1. The molecule has 0 spiro atoms. The van der Waals surface area contributed by atoms with Crippen molar-refractivity contribution in [3.63, 3.8) is 0 Å². The van der Waals surface area contributed by atoms with Crippen LogP contribution in [-0.2, 0) is 6.42 Å². The first kappa shape index (κ1) is 23.5. The van der Waals surface area contributed by atoms with E-state index in [9.17, 15) is 0 Å². The number of thiazole rings is 1. The number of aliphatic imine (C=N–C) groups is 1. The zero-order valence-electron chi connectivity index (χ0n) is 16.9. The van der Waals surface area contributed by atoms with Gasteiger partial charge in [0.25, 0.3) is 0 Å². The standard InChI is InChI=1S/C21H30N4S2.HI/c1-16(2)20-24-18(15-27-20)9-11-23-21(22-3)25-12-10-17(13-25)14-26-19-7-5-4-6-8-19;/h4-8,15-17H,9-14H2,1-3H3,(H,22,23);1H. The Morgan fingerprint density at radius 3 is 2.82 bits per heavy atom. The summed E-state index contributed by atoms with van der Waals surface area (Å²) in [6.07, 6.45) is 2.19. The van der Waals surface area contributed by atoms with Crippen LogP contribution in [-0.4, -0.2) is 48.3 Å². The molecule has 1 aliphatic rings. The van der Waals surface area contributed by atoms with Crippen LogP contribution < -0.4 is 5.32 Å². The number of guanidine groups is 1. The summed E-state index contributed by atoms with van der Waals surface area (Å²) in [7, 11) is 1.88. The van der Waals surface area contributed by atoms with E-state index in [-0.39, 0.29) is 24.0 Å². The molecule has 1 aromatic carbocycles. The zero-order chi connectivity index (χ0) is 19.1. The fourth-order valence-electron chi connectivity index (χ4n) is 3.23. The van der Waals surface area contributed by atoms with E-state index in [0.717, 1.165) is 37.9 Å². The first-order chi connectivity index (χ1) is 13.2. The first-order valence-electron chi connectivity index (χ1n) is 9.73. The van der Waals surface area contributed by atoms with Crippen LogP contribution in [0.4, 0.5) is 0 Å². The van der Waals surface area contributed by atoms with Crippen molar-refractivity contribution in [2.75, 3.05) is 32.4 Å². The second-order valence-electron chi connectivity index (χ2n) is 7.28. The van der Waals surface area contributed by atoms with Gasteiger partial charge < -0.3 is 10.2 Å². The Kier molecular flexibility index (Phi) is 10.1. The lowest BCUT2D eigenvalue weighted by Crippen LogP contribution is -2.41. The summed E-state index contributed by atoms with van der Waals surface area (Å²) in [6, 6.07) is 10.7. The van der Waals surface area contributed by atoms with E-state index in [1.54, 1.807) is 11.3 Å². The number of hydrogen-bond acceptors (Lipinski definition) is 4. The van der Waals surface area contributed by atoms with Gasteiger partial charge in [0.15, 0.2) is 5.96 Å². The van der Waals surface area contributed by atoms with Gasteiger partial charge in [-0.25, -0.2) is 4.98 Å². The Morgan fingerprint density at radius 1 is 1.36 bits per heavy atom. The number of aromatic nitrogens is 1. The van der Waals surface area contributed by atoms with E-state index in [4.69, 9.17) is 4.98 Å². The molecule has 28 heavy (non-hydrogen) atoms. The third kappa shape index (κ3) is 6.91. The second-order valence-corrected chi connectivity index (χ2v) is 9.26. The van der Waals surface area contributed by atoms with Crippen LogP contribution in [0, 0.1) is 5.92 Å². The summed E-state index contributed by atoms with van der Waals surface area (Å²) >= 11 is 3.73. The maximum atomic E-state index is 4.72. The molecule has 1 unspecified atom stereocenters. The lowest BCUT2D eigenvalue weighted by molar-refractivity contribution is 0.474. The molecule has 2 aromatic rings. The number of halogens is 1. The highest BCUT2D eigenvalue weighted by atomic mass is 127. The number of likely N-dealkylation sites (tertiary alicyclic amines) is 1. The van der Waals surface area contributed by atoms with Crippen molar-refractivity contribution < 1.29 is 0 Å². The van der Waals surface area contributed by atoms with Crippen LogP contribution in [0.5, 0.6) is 0 Å². The SMILES string of the molecule is CN=C(NCCc1csc(C(C)C)n1)N1CCC(CSc2ccccc2)C1.I. The summed E-state index contributed by atoms with van der Waals surface area (Å²) in [4.78, 5) is 13.0. The zero-order valence-corrected chi connectivity index (χ0v) is 20.9. The fraction of sp³-hybridized carbons (Fsp3) is 0.524. The van der Waals surface area contributed by atoms with Crippen molar-refractivity contribution in [1.29, 1.82) is 0 Å². The normalized spacial score (nSPS) is 17.1. The molecular weight excluding hydrogens is 499 g/mol. The lowest BCUT2D eigenvalue weighted by Gasteiger charge is -2.21. The third-order valence-electron chi connectivity index (χ3n) is 4.75.